The van der Waals surface area contributed by atoms with Gasteiger partial charge in [-0.1, -0.05) is 6.08 Å². The van der Waals surface area contributed by atoms with Gasteiger partial charge in [-0.05, 0) is 12.8 Å². The van der Waals surface area contributed by atoms with Crippen LogP contribution in [0.4, 0.5) is 0 Å². The molecule has 1 nitrogen and oxygen atoms in total. The van der Waals surface area contributed by atoms with Crippen LogP contribution in [0.2, 0.25) is 0 Å². The van der Waals surface area contributed by atoms with Crippen LogP contribution in [0.1, 0.15) is 12.8 Å². The van der Waals surface area contributed by atoms with Crippen molar-refractivity contribution >= 4 is 13.6 Å². The Labute approximate surface area is 103 Å². The second kappa shape index (κ2) is 10.9. The van der Waals surface area contributed by atoms with Gasteiger partial charge in [0.1, 0.15) is 0 Å². The van der Waals surface area contributed by atoms with Gasteiger partial charge in [0.2, 0.25) is 0 Å². The molecule has 0 radical (unpaired) electrons. The van der Waals surface area contributed by atoms with Crippen molar-refractivity contribution in [3.05, 3.63) is 43.0 Å². The van der Waals surface area contributed by atoms with Crippen molar-refractivity contribution in [2.75, 3.05) is 6.61 Å². The fourth-order valence-corrected chi connectivity index (χ4v) is 0.886. The summed E-state index contributed by atoms with van der Waals surface area (Å²) in [6.07, 6.45) is 3.95. The van der Waals surface area contributed by atoms with Crippen LogP contribution >= 0.6 is 13.6 Å². The summed E-state index contributed by atoms with van der Waals surface area (Å²) in [6.45, 7) is 4.40. The molecule has 0 N–H and O–H groups in total. The predicted octanol–water partition coefficient (Wildman–Crippen LogP) is 3.67. The SMILES string of the molecule is C=CCCCOc1cc[c-]cc1.[Zn+][Br]. The molecule has 0 bridgehead atoms. The molecule has 0 aliphatic heterocycles. The van der Waals surface area contributed by atoms with Crippen LogP contribution in [0, 0.1) is 6.07 Å². The number of allylic oxidation sites excluding steroid dienone is 1. The maximum atomic E-state index is 5.44. The van der Waals surface area contributed by atoms with E-state index in [-0.39, 0.29) is 0 Å². The van der Waals surface area contributed by atoms with Crippen LogP contribution < -0.4 is 4.74 Å². The van der Waals surface area contributed by atoms with Crippen LogP contribution in [-0.4, -0.2) is 6.61 Å². The molecule has 3 heteroatoms. The Hall–Kier alpha value is -0.137. The van der Waals surface area contributed by atoms with Gasteiger partial charge in [-0.3, -0.25) is 0 Å². The van der Waals surface area contributed by atoms with E-state index < -0.39 is 0 Å². The third-order valence-electron chi connectivity index (χ3n) is 1.51. The number of rotatable bonds is 5. The van der Waals surface area contributed by atoms with E-state index in [0.717, 1.165) is 25.2 Å². The molecule has 0 saturated heterocycles. The van der Waals surface area contributed by atoms with Crippen molar-refractivity contribution in [2.24, 2.45) is 0 Å². The van der Waals surface area contributed by atoms with Gasteiger partial charge in [-0.15, -0.1) is 18.7 Å². The molecule has 0 amide bonds. The molecule has 0 atom stereocenters. The Bertz CT molecular complexity index is 226. The Balaban J connectivity index is 0.000000791. The van der Waals surface area contributed by atoms with Crippen LogP contribution in [-0.2, 0) is 16.3 Å². The Kier molecular flexibility index (Phi) is 10.8. The molecule has 1 rings (SSSR count). The number of ether oxygens (including phenoxy) is 1. The van der Waals surface area contributed by atoms with Gasteiger partial charge >= 0.3 is 30.0 Å². The summed E-state index contributed by atoms with van der Waals surface area (Å²) in [5, 5.41) is 0. The Morgan fingerprint density at radius 1 is 1.43 bits per heavy atom. The number of hydrogen-bond acceptors (Lipinski definition) is 1. The van der Waals surface area contributed by atoms with Crippen molar-refractivity contribution in [3.63, 3.8) is 0 Å². The van der Waals surface area contributed by atoms with E-state index in [0.29, 0.717) is 0 Å². The summed E-state index contributed by atoms with van der Waals surface area (Å²) < 4.78 is 5.44. The summed E-state index contributed by atoms with van der Waals surface area (Å²) >= 11 is 4.25. The number of unbranched alkanes of at least 4 members (excludes halogenated alkanes) is 1. The Morgan fingerprint density at radius 3 is 2.64 bits per heavy atom. The summed E-state index contributed by atoms with van der Waals surface area (Å²) in [4.78, 5) is 0. The normalized spacial score (nSPS) is 8.50. The average molecular weight is 307 g/mol. The summed E-state index contributed by atoms with van der Waals surface area (Å²) in [6, 6.07) is 10.5. The standard InChI is InChI=1S/C11H13O.BrH.Zn/c1-2-3-7-10-12-11-8-5-4-6-9-11;;/h2,5-6,8-9H,1,3,7,10H2;1H;/q-1;;+2/p-1. The molecule has 0 heterocycles. The van der Waals surface area contributed by atoms with Crippen LogP contribution in [0.5, 0.6) is 5.75 Å². The molecule has 0 fully saturated rings. The molecule has 14 heavy (non-hydrogen) atoms. The fourth-order valence-electron chi connectivity index (χ4n) is 0.886. The van der Waals surface area contributed by atoms with Crippen molar-refractivity contribution in [1.82, 2.24) is 0 Å². The summed E-state index contributed by atoms with van der Waals surface area (Å²) in [5.74, 6) is 0.915. The molecular weight excluding hydrogens is 293 g/mol. The van der Waals surface area contributed by atoms with E-state index in [9.17, 15) is 0 Å². The molecule has 0 aliphatic carbocycles. The van der Waals surface area contributed by atoms with Crippen molar-refractivity contribution in [1.29, 1.82) is 0 Å². The quantitative estimate of drug-likeness (QED) is 0.349. The van der Waals surface area contributed by atoms with Gasteiger partial charge < -0.3 is 4.74 Å². The number of hydrogen-bond donors (Lipinski definition) is 0. The topological polar surface area (TPSA) is 9.23 Å². The van der Waals surface area contributed by atoms with Gasteiger partial charge in [0, 0.05) is 5.75 Å². The van der Waals surface area contributed by atoms with Crippen molar-refractivity contribution in [2.45, 2.75) is 12.8 Å². The van der Waals surface area contributed by atoms with E-state index in [2.05, 4.69) is 26.3 Å². The average Bonchev–Trinajstić information content (AvgIpc) is 2.29. The number of benzene rings is 1. The molecule has 0 spiro atoms. The molecule has 72 valence electrons. The summed E-state index contributed by atoms with van der Waals surface area (Å²) in [7, 11) is 0. The minimum atomic E-state index is 0.760. The second-order valence-corrected chi connectivity index (χ2v) is 2.52. The molecule has 0 aromatic heterocycles. The summed E-state index contributed by atoms with van der Waals surface area (Å²) in [5.41, 5.74) is 0. The molecule has 0 aliphatic rings. The van der Waals surface area contributed by atoms with Gasteiger partial charge in [-0.25, -0.2) is 0 Å². The second-order valence-electron chi connectivity index (χ2n) is 2.52. The zero-order valence-corrected chi connectivity index (χ0v) is 12.8. The van der Waals surface area contributed by atoms with Crippen LogP contribution in [0.3, 0.4) is 0 Å². The van der Waals surface area contributed by atoms with Gasteiger partial charge in [-0.2, -0.15) is 18.2 Å². The molecule has 0 unspecified atom stereocenters. The van der Waals surface area contributed by atoms with Gasteiger partial charge in [0.15, 0.2) is 0 Å². The minimum absolute atomic E-state index is 0.760. The van der Waals surface area contributed by atoms with Gasteiger partial charge in [0.05, 0.1) is 6.61 Å². The maximum absolute atomic E-state index is 5.44. The zero-order chi connectivity index (χ0) is 10.6. The van der Waals surface area contributed by atoms with E-state index in [1.807, 2.05) is 30.3 Å². The monoisotopic (exact) mass is 304 g/mol. The fraction of sp³-hybridized carbons (Fsp3) is 0.273. The third kappa shape index (κ3) is 7.28. The van der Waals surface area contributed by atoms with Gasteiger partial charge in [0.25, 0.3) is 0 Å². The van der Waals surface area contributed by atoms with Crippen molar-refractivity contribution in [3.8, 4) is 5.75 Å². The first-order chi connectivity index (χ1) is 6.93. The molecule has 1 aromatic rings. The molecule has 0 saturated carbocycles. The third-order valence-corrected chi connectivity index (χ3v) is 1.51. The zero-order valence-electron chi connectivity index (χ0n) is 8.21. The van der Waals surface area contributed by atoms with Crippen LogP contribution in [0.15, 0.2) is 36.9 Å². The van der Waals surface area contributed by atoms with E-state index >= 15 is 0 Å². The first-order valence-electron chi connectivity index (χ1n) is 4.40. The van der Waals surface area contributed by atoms with Crippen molar-refractivity contribution < 1.29 is 21.1 Å². The van der Waals surface area contributed by atoms with E-state index in [1.165, 1.54) is 16.3 Å². The first-order valence-corrected chi connectivity index (χ1v) is 11.3. The van der Waals surface area contributed by atoms with E-state index in [4.69, 9.17) is 4.74 Å². The number of halogens is 1. The molecular formula is C11H13BrOZn. The van der Waals surface area contributed by atoms with Crippen LogP contribution in [0.25, 0.3) is 0 Å². The first kappa shape index (κ1) is 13.9. The predicted molar refractivity (Wildman–Crippen MR) is 59.1 cm³/mol. The van der Waals surface area contributed by atoms with E-state index in [1.54, 1.807) is 0 Å². The molecule has 1 aromatic carbocycles. The Morgan fingerprint density at radius 2 is 2.07 bits per heavy atom.